The van der Waals surface area contributed by atoms with Gasteiger partial charge in [0.2, 0.25) is 11.8 Å². The molecule has 2 aliphatic rings. The summed E-state index contributed by atoms with van der Waals surface area (Å²) in [4.78, 5) is 26.4. The maximum atomic E-state index is 12.3. The van der Waals surface area contributed by atoms with Gasteiger partial charge in [0.15, 0.2) is 0 Å². The first kappa shape index (κ1) is 16.0. The van der Waals surface area contributed by atoms with Gasteiger partial charge in [-0.05, 0) is 37.3 Å². The molecule has 1 aromatic rings. The fourth-order valence-electron chi connectivity index (χ4n) is 3.35. The van der Waals surface area contributed by atoms with Crippen LogP contribution in [0.2, 0.25) is 0 Å². The number of amides is 2. The van der Waals surface area contributed by atoms with Crippen LogP contribution >= 0.6 is 0 Å². The lowest BCUT2D eigenvalue weighted by Gasteiger charge is -2.36. The third-order valence-corrected chi connectivity index (χ3v) is 5.04. The highest BCUT2D eigenvalue weighted by Crippen LogP contribution is 2.31. The highest BCUT2D eigenvalue weighted by Gasteiger charge is 2.38. The average molecular weight is 316 g/mol. The molecular formula is C18H24N2O3. The van der Waals surface area contributed by atoms with Crippen LogP contribution in [-0.2, 0) is 16.0 Å². The summed E-state index contributed by atoms with van der Waals surface area (Å²) in [5, 5.41) is 12.9. The Morgan fingerprint density at radius 1 is 1.39 bits per heavy atom. The van der Waals surface area contributed by atoms with E-state index in [9.17, 15) is 14.7 Å². The second kappa shape index (κ2) is 6.32. The summed E-state index contributed by atoms with van der Waals surface area (Å²) in [7, 11) is 0. The van der Waals surface area contributed by atoms with E-state index in [1.54, 1.807) is 4.90 Å². The summed E-state index contributed by atoms with van der Waals surface area (Å²) in [5.41, 5.74) is 1.30. The van der Waals surface area contributed by atoms with Gasteiger partial charge in [0, 0.05) is 25.2 Å². The van der Waals surface area contributed by atoms with Crippen LogP contribution in [0.5, 0.6) is 0 Å². The molecule has 1 aliphatic carbocycles. The van der Waals surface area contributed by atoms with Crippen LogP contribution in [0.15, 0.2) is 24.3 Å². The monoisotopic (exact) mass is 316 g/mol. The number of nitrogens with one attached hydrogen (secondary N) is 1. The van der Waals surface area contributed by atoms with Crippen LogP contribution in [0, 0.1) is 5.92 Å². The minimum Gasteiger partial charge on any atom is -0.388 e. The van der Waals surface area contributed by atoms with Crippen LogP contribution in [0.3, 0.4) is 0 Å². The van der Waals surface area contributed by atoms with Crippen molar-refractivity contribution in [3.05, 3.63) is 29.8 Å². The van der Waals surface area contributed by atoms with Gasteiger partial charge in [0.1, 0.15) is 0 Å². The first-order chi connectivity index (χ1) is 11.0. The van der Waals surface area contributed by atoms with Gasteiger partial charge in [0.25, 0.3) is 0 Å². The number of rotatable bonds is 5. The van der Waals surface area contributed by atoms with Crippen molar-refractivity contribution in [3.63, 3.8) is 0 Å². The Hall–Kier alpha value is -1.88. The van der Waals surface area contributed by atoms with Crippen molar-refractivity contribution in [3.8, 4) is 0 Å². The number of nitrogens with zero attached hydrogens (tertiary/aromatic N) is 1. The van der Waals surface area contributed by atoms with Gasteiger partial charge < -0.3 is 15.3 Å². The Morgan fingerprint density at radius 2 is 2.13 bits per heavy atom. The topological polar surface area (TPSA) is 69.6 Å². The van der Waals surface area contributed by atoms with E-state index in [1.807, 2.05) is 24.3 Å². The fraction of sp³-hybridized carbons (Fsp3) is 0.556. The normalized spacial score (nSPS) is 22.8. The molecule has 0 bridgehead atoms. The molecule has 124 valence electrons. The summed E-state index contributed by atoms with van der Waals surface area (Å²) in [6.07, 6.45) is 3.59. The van der Waals surface area contributed by atoms with Gasteiger partial charge in [-0.2, -0.15) is 0 Å². The van der Waals surface area contributed by atoms with E-state index >= 15 is 0 Å². The second-order valence-electron chi connectivity index (χ2n) is 6.68. The third kappa shape index (κ3) is 3.24. The number of carbonyl (C=O) groups excluding carboxylic acids is 2. The van der Waals surface area contributed by atoms with E-state index in [1.165, 1.54) is 0 Å². The Kier molecular flexibility index (Phi) is 4.39. The van der Waals surface area contributed by atoms with Crippen LogP contribution in [-0.4, -0.2) is 35.6 Å². The molecule has 1 heterocycles. The zero-order valence-corrected chi connectivity index (χ0v) is 13.5. The molecule has 1 aromatic carbocycles. The van der Waals surface area contributed by atoms with Gasteiger partial charge in [-0.3, -0.25) is 9.59 Å². The van der Waals surface area contributed by atoms with E-state index in [0.29, 0.717) is 13.1 Å². The quantitative estimate of drug-likeness (QED) is 0.867. The average Bonchev–Trinajstić information content (AvgIpc) is 2.92. The molecule has 2 fully saturated rings. The molecular weight excluding hydrogens is 292 g/mol. The Labute approximate surface area is 136 Å². The van der Waals surface area contributed by atoms with E-state index in [0.717, 1.165) is 36.9 Å². The van der Waals surface area contributed by atoms with E-state index in [2.05, 4.69) is 12.2 Å². The number of hydrogen-bond donors (Lipinski definition) is 2. The zero-order valence-electron chi connectivity index (χ0n) is 13.5. The van der Waals surface area contributed by atoms with Crippen LogP contribution in [0.4, 0.5) is 5.69 Å². The molecule has 0 radical (unpaired) electrons. The van der Waals surface area contributed by atoms with Gasteiger partial charge in [-0.15, -0.1) is 0 Å². The van der Waals surface area contributed by atoms with Gasteiger partial charge >= 0.3 is 0 Å². The molecule has 2 N–H and O–H groups in total. The molecule has 5 nitrogen and oxygen atoms in total. The Bertz CT molecular complexity index is 610. The van der Waals surface area contributed by atoms with Gasteiger partial charge in [0.05, 0.1) is 11.5 Å². The van der Waals surface area contributed by atoms with Crippen molar-refractivity contribution < 1.29 is 14.7 Å². The number of para-hydroxylation sites is 1. The van der Waals surface area contributed by atoms with Gasteiger partial charge in [-0.25, -0.2) is 0 Å². The molecule has 0 aromatic heterocycles. The van der Waals surface area contributed by atoms with Crippen LogP contribution in [0.1, 0.15) is 38.2 Å². The SMILES string of the molecule is CCc1ccccc1N1CC(C(=O)NCC2(O)CCC2)CC1=O. The van der Waals surface area contributed by atoms with Crippen molar-refractivity contribution in [2.75, 3.05) is 18.0 Å². The minimum absolute atomic E-state index is 0.00611. The van der Waals surface area contributed by atoms with Crippen molar-refractivity contribution >= 4 is 17.5 Å². The molecule has 1 unspecified atom stereocenters. The molecule has 0 spiro atoms. The highest BCUT2D eigenvalue weighted by molar-refractivity contribution is 6.00. The number of aryl methyl sites for hydroxylation is 1. The molecule has 3 rings (SSSR count). The van der Waals surface area contributed by atoms with Crippen LogP contribution < -0.4 is 10.2 Å². The smallest absolute Gasteiger partial charge is 0.227 e. The molecule has 5 heteroatoms. The third-order valence-electron chi connectivity index (χ3n) is 5.04. The van der Waals surface area contributed by atoms with E-state index in [4.69, 9.17) is 0 Å². The van der Waals surface area contributed by atoms with E-state index in [-0.39, 0.29) is 24.2 Å². The molecule has 23 heavy (non-hydrogen) atoms. The number of benzene rings is 1. The predicted octanol–water partition coefficient (Wildman–Crippen LogP) is 1.63. The second-order valence-corrected chi connectivity index (χ2v) is 6.68. The molecule has 1 saturated heterocycles. The van der Waals surface area contributed by atoms with Crippen molar-refractivity contribution in [1.29, 1.82) is 0 Å². The standard InChI is InChI=1S/C18H24N2O3/c1-2-13-6-3-4-7-15(13)20-11-14(10-16(20)21)17(22)19-12-18(23)8-5-9-18/h3-4,6-7,14,23H,2,5,8-12H2,1H3,(H,19,22). The zero-order chi connectivity index (χ0) is 16.4. The van der Waals surface area contributed by atoms with Crippen LogP contribution in [0.25, 0.3) is 0 Å². The highest BCUT2D eigenvalue weighted by atomic mass is 16.3. The summed E-state index contributed by atoms with van der Waals surface area (Å²) in [5.74, 6) is -0.473. The summed E-state index contributed by atoms with van der Waals surface area (Å²) >= 11 is 0. The summed E-state index contributed by atoms with van der Waals surface area (Å²) in [6.45, 7) is 2.77. The lowest BCUT2D eigenvalue weighted by Crippen LogP contribution is -2.49. The largest absolute Gasteiger partial charge is 0.388 e. The lowest BCUT2D eigenvalue weighted by molar-refractivity contribution is -0.128. The van der Waals surface area contributed by atoms with Gasteiger partial charge in [-0.1, -0.05) is 25.1 Å². The van der Waals surface area contributed by atoms with E-state index < -0.39 is 5.60 Å². The number of anilines is 1. The first-order valence-corrected chi connectivity index (χ1v) is 8.41. The lowest BCUT2D eigenvalue weighted by atomic mass is 9.80. The Balaban J connectivity index is 1.63. The fourth-order valence-corrected chi connectivity index (χ4v) is 3.35. The first-order valence-electron chi connectivity index (χ1n) is 8.41. The number of carbonyl (C=O) groups is 2. The van der Waals surface area contributed by atoms with Crippen molar-refractivity contribution in [2.45, 2.75) is 44.6 Å². The minimum atomic E-state index is -0.729. The van der Waals surface area contributed by atoms with Crippen molar-refractivity contribution in [1.82, 2.24) is 5.32 Å². The van der Waals surface area contributed by atoms with Crippen molar-refractivity contribution in [2.24, 2.45) is 5.92 Å². The number of hydrogen-bond acceptors (Lipinski definition) is 3. The predicted molar refractivity (Wildman–Crippen MR) is 88.1 cm³/mol. The molecule has 1 saturated carbocycles. The molecule has 2 amide bonds. The summed E-state index contributed by atoms with van der Waals surface area (Å²) in [6, 6.07) is 7.84. The number of aliphatic hydroxyl groups is 1. The molecule has 1 aliphatic heterocycles. The maximum Gasteiger partial charge on any atom is 0.227 e. The Morgan fingerprint density at radius 3 is 2.78 bits per heavy atom. The summed E-state index contributed by atoms with van der Waals surface area (Å²) < 4.78 is 0. The molecule has 1 atom stereocenters. The maximum absolute atomic E-state index is 12.3.